The number of hydrogen-bond acceptors (Lipinski definition) is 4. The van der Waals surface area contributed by atoms with Crippen LogP contribution in [0.15, 0.2) is 35.4 Å². The fourth-order valence-electron chi connectivity index (χ4n) is 1.69. The number of phenols is 1. The summed E-state index contributed by atoms with van der Waals surface area (Å²) in [6.45, 7) is 0. The smallest absolute Gasteiger partial charge is 0.271 e. The third-order valence-electron chi connectivity index (χ3n) is 2.83. The number of nitrogens with zero attached hydrogens (tertiary/aromatic N) is 1. The third kappa shape index (κ3) is 4.92. The molecule has 2 rings (SSSR count). The monoisotopic (exact) mass is 648 g/mol. The first-order valence-corrected chi connectivity index (χ1v) is 9.51. The van der Waals surface area contributed by atoms with E-state index in [9.17, 15) is 9.90 Å². The first-order valence-electron chi connectivity index (χ1n) is 6.27. The van der Waals surface area contributed by atoms with Crippen LogP contribution in [0.5, 0.6) is 11.5 Å². The highest BCUT2D eigenvalue weighted by molar-refractivity contribution is 14.1. The number of rotatable bonds is 4. The Kier molecular flexibility index (Phi) is 6.88. The van der Waals surface area contributed by atoms with Crippen LogP contribution in [0.4, 0.5) is 0 Å². The predicted octanol–water partition coefficient (Wildman–Crippen LogP) is 3.98. The van der Waals surface area contributed by atoms with Crippen LogP contribution in [0.2, 0.25) is 0 Å². The van der Waals surface area contributed by atoms with Crippen molar-refractivity contribution in [2.45, 2.75) is 0 Å². The van der Waals surface area contributed by atoms with E-state index in [0.29, 0.717) is 11.3 Å². The largest absolute Gasteiger partial charge is 0.506 e. The molecule has 0 radical (unpaired) electrons. The van der Waals surface area contributed by atoms with Crippen LogP contribution >= 0.6 is 67.8 Å². The molecule has 0 saturated carbocycles. The minimum absolute atomic E-state index is 0.248. The molecule has 0 aliphatic rings. The second-order valence-corrected chi connectivity index (χ2v) is 7.87. The highest BCUT2D eigenvalue weighted by Gasteiger charge is 2.08. The van der Waals surface area contributed by atoms with Crippen LogP contribution in [0, 0.1) is 10.7 Å². The Bertz CT molecular complexity index is 756. The molecule has 0 unspecified atom stereocenters. The van der Waals surface area contributed by atoms with Crippen molar-refractivity contribution in [1.82, 2.24) is 5.43 Å². The maximum Gasteiger partial charge on any atom is 0.271 e. The van der Waals surface area contributed by atoms with Gasteiger partial charge in [0.25, 0.3) is 5.91 Å². The normalized spacial score (nSPS) is 10.8. The number of carbonyl (C=O) groups is 1. The van der Waals surface area contributed by atoms with Gasteiger partial charge in [-0.1, -0.05) is 0 Å². The standard InChI is InChI=1S/C15H11I3N2O3/c1-23-13-6-9(2-3-10(13)16)15(22)20-19-7-8-4-11(17)14(21)12(18)5-8/h2-7,21H,1H3,(H,20,22). The topological polar surface area (TPSA) is 70.9 Å². The fraction of sp³-hybridized carbons (Fsp3) is 0.0667. The number of hydrogen-bond donors (Lipinski definition) is 2. The van der Waals surface area contributed by atoms with Crippen molar-refractivity contribution in [3.63, 3.8) is 0 Å². The van der Waals surface area contributed by atoms with E-state index in [1.807, 2.05) is 51.2 Å². The van der Waals surface area contributed by atoms with Crippen molar-refractivity contribution in [1.29, 1.82) is 0 Å². The van der Waals surface area contributed by atoms with Crippen LogP contribution in [-0.4, -0.2) is 24.3 Å². The molecule has 2 aromatic rings. The number of amides is 1. The van der Waals surface area contributed by atoms with Crippen molar-refractivity contribution in [3.05, 3.63) is 52.2 Å². The van der Waals surface area contributed by atoms with Gasteiger partial charge in [0.05, 0.1) is 24.0 Å². The van der Waals surface area contributed by atoms with Gasteiger partial charge in [0.15, 0.2) is 0 Å². The lowest BCUT2D eigenvalue weighted by Gasteiger charge is -2.06. The number of hydrazone groups is 1. The van der Waals surface area contributed by atoms with Crippen molar-refractivity contribution in [2.75, 3.05) is 7.11 Å². The zero-order valence-corrected chi connectivity index (χ0v) is 18.3. The zero-order valence-electron chi connectivity index (χ0n) is 11.8. The molecular weight excluding hydrogens is 637 g/mol. The Balaban J connectivity index is 2.10. The number of halogens is 3. The van der Waals surface area contributed by atoms with E-state index in [0.717, 1.165) is 16.3 Å². The van der Waals surface area contributed by atoms with Crippen molar-refractivity contribution >= 4 is 79.9 Å². The molecule has 5 nitrogen and oxygen atoms in total. The van der Waals surface area contributed by atoms with Gasteiger partial charge in [-0.2, -0.15) is 5.10 Å². The van der Waals surface area contributed by atoms with E-state index in [2.05, 4.69) is 33.1 Å². The number of nitrogens with one attached hydrogen (secondary N) is 1. The second kappa shape index (κ2) is 8.46. The summed E-state index contributed by atoms with van der Waals surface area (Å²) in [5.74, 6) is 0.572. The van der Waals surface area contributed by atoms with Crippen molar-refractivity contribution < 1.29 is 14.6 Å². The zero-order chi connectivity index (χ0) is 17.0. The molecule has 0 aromatic heterocycles. The summed E-state index contributed by atoms with van der Waals surface area (Å²) in [5, 5.41) is 13.7. The highest BCUT2D eigenvalue weighted by atomic mass is 127. The number of benzene rings is 2. The summed E-state index contributed by atoms with van der Waals surface area (Å²) >= 11 is 6.22. The van der Waals surface area contributed by atoms with Gasteiger partial charge >= 0.3 is 0 Å². The van der Waals surface area contributed by atoms with Gasteiger partial charge in [-0.25, -0.2) is 5.43 Å². The summed E-state index contributed by atoms with van der Waals surface area (Å²) in [5.41, 5.74) is 3.73. The first-order chi connectivity index (χ1) is 10.9. The molecule has 0 fully saturated rings. The molecule has 0 bridgehead atoms. The van der Waals surface area contributed by atoms with Gasteiger partial charge in [0.2, 0.25) is 0 Å². The van der Waals surface area contributed by atoms with E-state index >= 15 is 0 Å². The lowest BCUT2D eigenvalue weighted by Crippen LogP contribution is -2.17. The van der Waals surface area contributed by atoms with Gasteiger partial charge < -0.3 is 9.84 Å². The summed E-state index contributed by atoms with van der Waals surface area (Å²) in [6.07, 6.45) is 1.53. The Morgan fingerprint density at radius 1 is 1.17 bits per heavy atom. The second-order valence-electron chi connectivity index (χ2n) is 4.38. The number of aromatic hydroxyl groups is 1. The molecular formula is C15H11I3N2O3. The van der Waals surface area contributed by atoms with Crippen LogP contribution in [0.1, 0.15) is 15.9 Å². The lowest BCUT2D eigenvalue weighted by atomic mass is 10.2. The molecule has 2 N–H and O–H groups in total. The van der Waals surface area contributed by atoms with Gasteiger partial charge in [-0.15, -0.1) is 0 Å². The van der Waals surface area contributed by atoms with E-state index in [1.165, 1.54) is 6.21 Å². The summed E-state index contributed by atoms with van der Waals surface area (Å²) in [4.78, 5) is 12.1. The summed E-state index contributed by atoms with van der Waals surface area (Å²) < 4.78 is 7.58. The first kappa shape index (κ1) is 18.7. The Morgan fingerprint density at radius 2 is 1.83 bits per heavy atom. The predicted molar refractivity (Wildman–Crippen MR) is 114 cm³/mol. The van der Waals surface area contributed by atoms with Gasteiger partial charge in [0, 0.05) is 5.56 Å². The van der Waals surface area contributed by atoms with E-state index in [4.69, 9.17) is 4.74 Å². The maximum absolute atomic E-state index is 12.1. The maximum atomic E-state index is 12.1. The third-order valence-corrected chi connectivity index (χ3v) is 5.37. The van der Waals surface area contributed by atoms with E-state index in [-0.39, 0.29) is 11.7 Å². The van der Waals surface area contributed by atoms with E-state index < -0.39 is 0 Å². The van der Waals surface area contributed by atoms with Crippen LogP contribution in [0.25, 0.3) is 0 Å². The average molecular weight is 648 g/mol. The fourth-order valence-corrected chi connectivity index (χ4v) is 4.06. The molecule has 0 atom stereocenters. The van der Waals surface area contributed by atoms with Gasteiger partial charge in [-0.3, -0.25) is 4.79 Å². The average Bonchev–Trinajstić information content (AvgIpc) is 2.52. The quantitative estimate of drug-likeness (QED) is 0.300. The number of phenolic OH excluding ortho intramolecular Hbond substituents is 1. The SMILES string of the molecule is COc1cc(C(=O)NN=Cc2cc(I)c(O)c(I)c2)ccc1I. The molecule has 8 heteroatoms. The Labute approximate surface area is 174 Å². The molecule has 0 spiro atoms. The minimum Gasteiger partial charge on any atom is -0.506 e. The summed E-state index contributed by atoms with van der Waals surface area (Å²) in [7, 11) is 1.56. The molecule has 23 heavy (non-hydrogen) atoms. The van der Waals surface area contributed by atoms with Gasteiger partial charge in [0.1, 0.15) is 11.5 Å². The molecule has 1 amide bonds. The molecule has 0 aliphatic heterocycles. The highest BCUT2D eigenvalue weighted by Crippen LogP contribution is 2.26. The van der Waals surface area contributed by atoms with Crippen LogP contribution < -0.4 is 10.2 Å². The molecule has 120 valence electrons. The Hall–Kier alpha value is -0.630. The van der Waals surface area contributed by atoms with Gasteiger partial charge in [-0.05, 0) is 104 Å². The number of methoxy groups -OCH3 is 1. The van der Waals surface area contributed by atoms with Crippen LogP contribution in [0.3, 0.4) is 0 Å². The van der Waals surface area contributed by atoms with Crippen molar-refractivity contribution in [3.8, 4) is 11.5 Å². The number of carbonyl (C=O) groups excluding carboxylic acids is 1. The van der Waals surface area contributed by atoms with E-state index in [1.54, 1.807) is 31.4 Å². The molecule has 2 aromatic carbocycles. The van der Waals surface area contributed by atoms with Crippen LogP contribution in [-0.2, 0) is 0 Å². The molecule has 0 aliphatic carbocycles. The lowest BCUT2D eigenvalue weighted by molar-refractivity contribution is 0.0954. The minimum atomic E-state index is -0.320. The Morgan fingerprint density at radius 3 is 2.43 bits per heavy atom. The summed E-state index contributed by atoms with van der Waals surface area (Å²) in [6, 6.07) is 8.74. The van der Waals surface area contributed by atoms with Crippen molar-refractivity contribution in [2.24, 2.45) is 5.10 Å². The molecule has 0 saturated heterocycles. The number of ether oxygens (including phenoxy) is 1. The molecule has 0 heterocycles.